The van der Waals surface area contributed by atoms with Crippen molar-refractivity contribution in [3.05, 3.63) is 29.8 Å². The standard InChI is InChI=1S/C15H23FN2/c1-11(2)8-12-4-3-6-15(17,9-12)13-5-7-18-10-14(13)16/h5,7,10-12H,3-4,6,8-9,17H2,1-2H3. The number of aromatic nitrogens is 1. The second-order valence-corrected chi connectivity index (χ2v) is 6.10. The summed E-state index contributed by atoms with van der Waals surface area (Å²) in [6.07, 6.45) is 8.19. The molecule has 0 aliphatic heterocycles. The van der Waals surface area contributed by atoms with Crippen LogP contribution in [0.2, 0.25) is 0 Å². The molecule has 100 valence electrons. The van der Waals surface area contributed by atoms with Crippen molar-refractivity contribution in [1.82, 2.24) is 4.98 Å². The number of pyridine rings is 1. The molecule has 3 heteroatoms. The summed E-state index contributed by atoms with van der Waals surface area (Å²) in [5.74, 6) is 1.04. The zero-order chi connectivity index (χ0) is 13.2. The van der Waals surface area contributed by atoms with Gasteiger partial charge in [-0.05, 0) is 37.2 Å². The van der Waals surface area contributed by atoms with E-state index in [0.717, 1.165) is 19.3 Å². The molecule has 0 saturated heterocycles. The minimum atomic E-state index is -0.495. The Bertz CT molecular complexity index is 405. The molecule has 18 heavy (non-hydrogen) atoms. The smallest absolute Gasteiger partial charge is 0.146 e. The molecule has 2 rings (SSSR count). The summed E-state index contributed by atoms with van der Waals surface area (Å²) in [6, 6.07) is 1.74. The maximum atomic E-state index is 13.9. The van der Waals surface area contributed by atoms with Crippen molar-refractivity contribution in [2.24, 2.45) is 17.6 Å². The number of hydrogen-bond donors (Lipinski definition) is 1. The maximum Gasteiger partial charge on any atom is 0.146 e. The van der Waals surface area contributed by atoms with Crippen molar-refractivity contribution in [2.45, 2.75) is 51.5 Å². The molecular weight excluding hydrogens is 227 g/mol. The first-order chi connectivity index (χ1) is 8.51. The van der Waals surface area contributed by atoms with E-state index in [9.17, 15) is 4.39 Å². The van der Waals surface area contributed by atoms with Gasteiger partial charge in [-0.25, -0.2) is 4.39 Å². The quantitative estimate of drug-likeness (QED) is 0.890. The summed E-state index contributed by atoms with van der Waals surface area (Å²) in [4.78, 5) is 3.81. The second-order valence-electron chi connectivity index (χ2n) is 6.10. The van der Waals surface area contributed by atoms with Crippen molar-refractivity contribution in [2.75, 3.05) is 0 Å². The SMILES string of the molecule is CC(C)CC1CCCC(N)(c2ccncc2F)C1. The van der Waals surface area contributed by atoms with Gasteiger partial charge in [0.15, 0.2) is 0 Å². The molecule has 1 fully saturated rings. The van der Waals surface area contributed by atoms with E-state index in [1.54, 1.807) is 12.3 Å². The zero-order valence-electron chi connectivity index (χ0n) is 11.3. The van der Waals surface area contributed by atoms with E-state index < -0.39 is 5.54 Å². The average molecular weight is 250 g/mol. The Morgan fingerprint density at radius 3 is 3.00 bits per heavy atom. The van der Waals surface area contributed by atoms with Crippen LogP contribution in [0, 0.1) is 17.7 Å². The Kier molecular flexibility index (Phi) is 4.00. The lowest BCUT2D eigenvalue weighted by atomic mass is 9.70. The molecule has 1 aliphatic carbocycles. The Balaban J connectivity index is 2.18. The third-order valence-corrected chi connectivity index (χ3v) is 4.00. The van der Waals surface area contributed by atoms with E-state index in [1.807, 2.05) is 0 Å². The molecule has 2 unspecified atom stereocenters. The van der Waals surface area contributed by atoms with Gasteiger partial charge in [0.05, 0.1) is 6.20 Å². The van der Waals surface area contributed by atoms with E-state index in [4.69, 9.17) is 5.73 Å². The molecule has 2 N–H and O–H groups in total. The predicted molar refractivity (Wildman–Crippen MR) is 71.5 cm³/mol. The molecule has 0 amide bonds. The first kappa shape index (κ1) is 13.5. The predicted octanol–water partition coefficient (Wildman–Crippen LogP) is 3.61. The second kappa shape index (κ2) is 5.35. The molecule has 1 heterocycles. The third-order valence-electron chi connectivity index (χ3n) is 4.00. The van der Waals surface area contributed by atoms with E-state index >= 15 is 0 Å². The molecule has 2 nitrogen and oxygen atoms in total. The van der Waals surface area contributed by atoms with Crippen molar-refractivity contribution < 1.29 is 4.39 Å². The Morgan fingerprint density at radius 2 is 2.33 bits per heavy atom. The van der Waals surface area contributed by atoms with Crippen LogP contribution in [0.5, 0.6) is 0 Å². The maximum absolute atomic E-state index is 13.9. The highest BCUT2D eigenvalue weighted by atomic mass is 19.1. The minimum Gasteiger partial charge on any atom is -0.321 e. The fourth-order valence-electron chi connectivity index (χ4n) is 3.32. The average Bonchev–Trinajstić information content (AvgIpc) is 2.28. The molecule has 0 bridgehead atoms. The Labute approximate surface area is 109 Å². The molecule has 1 aromatic rings. The van der Waals surface area contributed by atoms with Crippen LogP contribution < -0.4 is 5.73 Å². The van der Waals surface area contributed by atoms with Crippen LogP contribution in [0.4, 0.5) is 4.39 Å². The van der Waals surface area contributed by atoms with Gasteiger partial charge in [-0.3, -0.25) is 4.98 Å². The van der Waals surface area contributed by atoms with Gasteiger partial charge in [-0.15, -0.1) is 0 Å². The lowest BCUT2D eigenvalue weighted by Gasteiger charge is -2.39. The van der Waals surface area contributed by atoms with Gasteiger partial charge in [0.1, 0.15) is 5.82 Å². The largest absolute Gasteiger partial charge is 0.321 e. The van der Waals surface area contributed by atoms with E-state index in [1.165, 1.54) is 19.0 Å². The highest BCUT2D eigenvalue weighted by molar-refractivity contribution is 5.23. The van der Waals surface area contributed by atoms with Gasteiger partial charge in [0, 0.05) is 17.3 Å². The molecule has 1 saturated carbocycles. The molecule has 0 spiro atoms. The normalized spacial score (nSPS) is 28.6. The van der Waals surface area contributed by atoms with Crippen LogP contribution in [-0.2, 0) is 5.54 Å². The lowest BCUT2D eigenvalue weighted by molar-refractivity contribution is 0.198. The first-order valence-corrected chi connectivity index (χ1v) is 6.90. The van der Waals surface area contributed by atoms with E-state index in [2.05, 4.69) is 18.8 Å². The van der Waals surface area contributed by atoms with Crippen molar-refractivity contribution >= 4 is 0 Å². The highest BCUT2D eigenvalue weighted by Crippen LogP contribution is 2.40. The van der Waals surface area contributed by atoms with E-state index in [-0.39, 0.29) is 5.82 Å². The number of rotatable bonds is 3. The van der Waals surface area contributed by atoms with Crippen molar-refractivity contribution in [3.8, 4) is 0 Å². The molecule has 2 atom stereocenters. The summed E-state index contributed by atoms with van der Waals surface area (Å²) in [7, 11) is 0. The first-order valence-electron chi connectivity index (χ1n) is 6.90. The summed E-state index contributed by atoms with van der Waals surface area (Å²) >= 11 is 0. The number of nitrogens with two attached hydrogens (primary N) is 1. The van der Waals surface area contributed by atoms with Crippen molar-refractivity contribution in [1.29, 1.82) is 0 Å². The lowest BCUT2D eigenvalue weighted by Crippen LogP contribution is -2.42. The van der Waals surface area contributed by atoms with Crippen LogP contribution in [0.15, 0.2) is 18.5 Å². The van der Waals surface area contributed by atoms with Crippen LogP contribution >= 0.6 is 0 Å². The van der Waals surface area contributed by atoms with Gasteiger partial charge < -0.3 is 5.73 Å². The van der Waals surface area contributed by atoms with E-state index in [0.29, 0.717) is 17.4 Å². The molecular formula is C15H23FN2. The zero-order valence-corrected chi connectivity index (χ0v) is 11.3. The molecule has 0 radical (unpaired) electrons. The van der Waals surface area contributed by atoms with Crippen molar-refractivity contribution in [3.63, 3.8) is 0 Å². The van der Waals surface area contributed by atoms with Crippen LogP contribution in [0.3, 0.4) is 0 Å². The number of halogens is 1. The van der Waals surface area contributed by atoms with Gasteiger partial charge in [0.25, 0.3) is 0 Å². The molecule has 1 aliphatic rings. The minimum absolute atomic E-state index is 0.259. The van der Waals surface area contributed by atoms with Gasteiger partial charge in [0.2, 0.25) is 0 Å². The summed E-state index contributed by atoms with van der Waals surface area (Å²) in [5, 5.41) is 0. The Hall–Kier alpha value is -0.960. The van der Waals surface area contributed by atoms with Crippen LogP contribution in [0.1, 0.15) is 51.5 Å². The summed E-state index contributed by atoms with van der Waals surface area (Å²) in [6.45, 7) is 4.47. The fourth-order valence-corrected chi connectivity index (χ4v) is 3.32. The van der Waals surface area contributed by atoms with Gasteiger partial charge >= 0.3 is 0 Å². The third kappa shape index (κ3) is 2.89. The van der Waals surface area contributed by atoms with Crippen LogP contribution in [-0.4, -0.2) is 4.98 Å². The summed E-state index contributed by atoms with van der Waals surface area (Å²) in [5.41, 5.74) is 6.63. The van der Waals surface area contributed by atoms with Gasteiger partial charge in [-0.1, -0.05) is 26.7 Å². The number of hydrogen-bond acceptors (Lipinski definition) is 2. The Morgan fingerprint density at radius 1 is 1.56 bits per heavy atom. The topological polar surface area (TPSA) is 38.9 Å². The van der Waals surface area contributed by atoms with Crippen LogP contribution in [0.25, 0.3) is 0 Å². The molecule has 0 aromatic carbocycles. The fraction of sp³-hybridized carbons (Fsp3) is 0.667. The van der Waals surface area contributed by atoms with Gasteiger partial charge in [-0.2, -0.15) is 0 Å². The number of nitrogens with zero attached hydrogens (tertiary/aromatic N) is 1. The molecule has 1 aromatic heterocycles. The summed E-state index contributed by atoms with van der Waals surface area (Å²) < 4.78 is 13.9. The highest BCUT2D eigenvalue weighted by Gasteiger charge is 2.36. The monoisotopic (exact) mass is 250 g/mol.